The van der Waals surface area contributed by atoms with Crippen LogP contribution in [0.1, 0.15) is 49.3 Å². The Bertz CT molecular complexity index is 553. The molecule has 0 aliphatic heterocycles. The molecule has 3 heteroatoms. The average molecular weight is 314 g/mol. The molecule has 0 bridgehead atoms. The third kappa shape index (κ3) is 7.59. The molecule has 0 radical (unpaired) electrons. The summed E-state index contributed by atoms with van der Waals surface area (Å²) in [5, 5.41) is 0. The molecule has 0 atom stereocenters. The standard InChI is InChI=1S/C16H18N2O.2C2H6/c1-13-6-5-7-14(12-13)16(19)18(2)11-9-15-8-3-4-10-17-15;2*1-2/h3-8,10,12H,9,11H2,1-2H3;2*1-2H3. The summed E-state index contributed by atoms with van der Waals surface area (Å²) in [5.41, 5.74) is 2.85. The van der Waals surface area contributed by atoms with Crippen molar-refractivity contribution in [3.63, 3.8) is 0 Å². The second-order valence-corrected chi connectivity index (χ2v) is 4.67. The lowest BCUT2D eigenvalue weighted by Gasteiger charge is -2.17. The maximum Gasteiger partial charge on any atom is 0.253 e. The van der Waals surface area contributed by atoms with E-state index in [2.05, 4.69) is 4.98 Å². The molecule has 0 fully saturated rings. The first-order valence-corrected chi connectivity index (χ1v) is 8.39. The number of amides is 1. The lowest BCUT2D eigenvalue weighted by atomic mass is 10.1. The van der Waals surface area contributed by atoms with Crippen LogP contribution in [0.5, 0.6) is 0 Å². The van der Waals surface area contributed by atoms with Gasteiger partial charge in [-0.25, -0.2) is 0 Å². The largest absolute Gasteiger partial charge is 0.341 e. The van der Waals surface area contributed by atoms with E-state index >= 15 is 0 Å². The quantitative estimate of drug-likeness (QED) is 0.815. The van der Waals surface area contributed by atoms with E-state index < -0.39 is 0 Å². The number of aryl methyl sites for hydroxylation is 1. The van der Waals surface area contributed by atoms with Gasteiger partial charge in [-0.15, -0.1) is 0 Å². The third-order valence-electron chi connectivity index (χ3n) is 3.04. The van der Waals surface area contributed by atoms with Crippen LogP contribution in [-0.4, -0.2) is 29.4 Å². The van der Waals surface area contributed by atoms with Crippen LogP contribution < -0.4 is 0 Å². The van der Waals surface area contributed by atoms with Crippen molar-refractivity contribution >= 4 is 5.91 Å². The molecule has 1 amide bonds. The maximum absolute atomic E-state index is 12.2. The van der Waals surface area contributed by atoms with Gasteiger partial charge >= 0.3 is 0 Å². The fourth-order valence-electron chi connectivity index (χ4n) is 1.93. The van der Waals surface area contributed by atoms with Gasteiger partial charge in [0.1, 0.15) is 0 Å². The lowest BCUT2D eigenvalue weighted by Crippen LogP contribution is -2.29. The van der Waals surface area contributed by atoms with Crippen molar-refractivity contribution < 1.29 is 4.79 Å². The molecule has 2 aromatic rings. The molecule has 1 heterocycles. The van der Waals surface area contributed by atoms with Gasteiger partial charge in [0, 0.05) is 37.5 Å². The highest BCUT2D eigenvalue weighted by molar-refractivity contribution is 5.94. The Morgan fingerprint density at radius 1 is 1.04 bits per heavy atom. The topological polar surface area (TPSA) is 33.2 Å². The van der Waals surface area contributed by atoms with Crippen LogP contribution in [0.4, 0.5) is 0 Å². The summed E-state index contributed by atoms with van der Waals surface area (Å²) >= 11 is 0. The molecule has 1 aromatic heterocycles. The van der Waals surface area contributed by atoms with Crippen molar-refractivity contribution in [3.8, 4) is 0 Å². The maximum atomic E-state index is 12.2. The molecule has 0 aliphatic carbocycles. The summed E-state index contributed by atoms with van der Waals surface area (Å²) in [6, 6.07) is 13.5. The van der Waals surface area contributed by atoms with E-state index in [0.29, 0.717) is 6.54 Å². The molecule has 0 unspecified atom stereocenters. The van der Waals surface area contributed by atoms with Crippen molar-refractivity contribution in [1.29, 1.82) is 0 Å². The van der Waals surface area contributed by atoms with Crippen LogP contribution >= 0.6 is 0 Å². The summed E-state index contributed by atoms with van der Waals surface area (Å²) in [6.07, 6.45) is 2.55. The van der Waals surface area contributed by atoms with Gasteiger partial charge in [0.05, 0.1) is 0 Å². The second kappa shape index (κ2) is 12.4. The number of aromatic nitrogens is 1. The Morgan fingerprint density at radius 2 is 1.74 bits per heavy atom. The van der Waals surface area contributed by atoms with Crippen LogP contribution in [0.3, 0.4) is 0 Å². The molecule has 23 heavy (non-hydrogen) atoms. The normalized spacial score (nSPS) is 8.96. The van der Waals surface area contributed by atoms with E-state index in [1.165, 1.54) is 0 Å². The third-order valence-corrected chi connectivity index (χ3v) is 3.04. The van der Waals surface area contributed by atoms with Crippen molar-refractivity contribution in [2.24, 2.45) is 0 Å². The van der Waals surface area contributed by atoms with Gasteiger partial charge in [-0.3, -0.25) is 9.78 Å². The number of hydrogen-bond donors (Lipinski definition) is 0. The average Bonchev–Trinajstić information content (AvgIpc) is 2.63. The van der Waals surface area contributed by atoms with Crippen molar-refractivity contribution in [3.05, 3.63) is 65.5 Å². The summed E-state index contributed by atoms with van der Waals surface area (Å²) in [5.74, 6) is 0.0552. The summed E-state index contributed by atoms with van der Waals surface area (Å²) in [7, 11) is 1.83. The van der Waals surface area contributed by atoms with E-state index in [1.807, 2.05) is 84.1 Å². The smallest absolute Gasteiger partial charge is 0.253 e. The number of hydrogen-bond acceptors (Lipinski definition) is 2. The highest BCUT2D eigenvalue weighted by Gasteiger charge is 2.11. The number of nitrogens with zero attached hydrogens (tertiary/aromatic N) is 2. The summed E-state index contributed by atoms with van der Waals surface area (Å²) in [6.45, 7) is 10.7. The minimum Gasteiger partial charge on any atom is -0.341 e. The zero-order valence-corrected chi connectivity index (χ0v) is 15.3. The van der Waals surface area contributed by atoms with Crippen LogP contribution in [-0.2, 0) is 6.42 Å². The monoisotopic (exact) mass is 314 g/mol. The number of rotatable bonds is 4. The molecule has 0 saturated heterocycles. The Balaban J connectivity index is 0.00000112. The number of carbonyl (C=O) groups excluding carboxylic acids is 1. The Labute approximate surface area is 141 Å². The van der Waals surface area contributed by atoms with Crippen LogP contribution in [0.2, 0.25) is 0 Å². The number of benzene rings is 1. The first-order chi connectivity index (χ1) is 11.2. The second-order valence-electron chi connectivity index (χ2n) is 4.67. The van der Waals surface area contributed by atoms with Gasteiger partial charge in [0.2, 0.25) is 0 Å². The number of carbonyl (C=O) groups is 1. The SMILES string of the molecule is CC.CC.Cc1cccc(C(=O)N(C)CCc2ccccn2)c1. The number of pyridine rings is 1. The molecule has 2 rings (SSSR count). The van der Waals surface area contributed by atoms with Gasteiger partial charge in [-0.05, 0) is 31.2 Å². The van der Waals surface area contributed by atoms with Gasteiger partial charge in [0.25, 0.3) is 5.91 Å². The van der Waals surface area contributed by atoms with Gasteiger partial charge < -0.3 is 4.90 Å². The minimum absolute atomic E-state index is 0.0552. The van der Waals surface area contributed by atoms with Crippen LogP contribution in [0.15, 0.2) is 48.7 Å². The van der Waals surface area contributed by atoms with E-state index in [0.717, 1.165) is 23.2 Å². The van der Waals surface area contributed by atoms with Crippen LogP contribution in [0.25, 0.3) is 0 Å². The molecule has 0 spiro atoms. The van der Waals surface area contributed by atoms with E-state index in [9.17, 15) is 4.79 Å². The van der Waals surface area contributed by atoms with Crippen molar-refractivity contribution in [2.45, 2.75) is 41.0 Å². The zero-order valence-electron chi connectivity index (χ0n) is 15.3. The Hall–Kier alpha value is -2.16. The number of likely N-dealkylation sites (N-methyl/N-ethyl adjacent to an activating group) is 1. The molecule has 0 N–H and O–H groups in total. The Kier molecular flexibility index (Phi) is 11.2. The predicted molar refractivity (Wildman–Crippen MR) is 98.8 cm³/mol. The van der Waals surface area contributed by atoms with E-state index in [1.54, 1.807) is 11.1 Å². The highest BCUT2D eigenvalue weighted by atomic mass is 16.2. The molecular formula is C20H30N2O. The molecular weight excluding hydrogens is 284 g/mol. The fraction of sp³-hybridized carbons (Fsp3) is 0.400. The van der Waals surface area contributed by atoms with Crippen molar-refractivity contribution in [2.75, 3.05) is 13.6 Å². The fourth-order valence-corrected chi connectivity index (χ4v) is 1.93. The van der Waals surface area contributed by atoms with Gasteiger partial charge in [0.15, 0.2) is 0 Å². The lowest BCUT2D eigenvalue weighted by molar-refractivity contribution is 0.0796. The molecule has 1 aromatic carbocycles. The van der Waals surface area contributed by atoms with E-state index in [-0.39, 0.29) is 5.91 Å². The van der Waals surface area contributed by atoms with Gasteiger partial charge in [-0.2, -0.15) is 0 Å². The van der Waals surface area contributed by atoms with Crippen molar-refractivity contribution in [1.82, 2.24) is 9.88 Å². The molecule has 0 aliphatic rings. The first kappa shape index (κ1) is 20.8. The molecule has 0 saturated carbocycles. The minimum atomic E-state index is 0.0552. The summed E-state index contributed by atoms with van der Waals surface area (Å²) in [4.78, 5) is 18.2. The summed E-state index contributed by atoms with van der Waals surface area (Å²) < 4.78 is 0. The molecule has 126 valence electrons. The zero-order chi connectivity index (χ0) is 17.7. The van der Waals surface area contributed by atoms with Gasteiger partial charge in [-0.1, -0.05) is 51.5 Å². The predicted octanol–water partition coefficient (Wildman–Crippen LogP) is 4.76. The Morgan fingerprint density at radius 3 is 2.30 bits per heavy atom. The van der Waals surface area contributed by atoms with Crippen LogP contribution in [0, 0.1) is 6.92 Å². The highest BCUT2D eigenvalue weighted by Crippen LogP contribution is 2.07. The van der Waals surface area contributed by atoms with E-state index in [4.69, 9.17) is 0 Å². The molecule has 3 nitrogen and oxygen atoms in total. The first-order valence-electron chi connectivity index (χ1n) is 8.39.